The Labute approximate surface area is 307 Å². The zero-order valence-electron chi connectivity index (χ0n) is 33.1. The zero-order chi connectivity index (χ0) is 37.8. The van der Waals surface area contributed by atoms with Crippen LogP contribution in [-0.2, 0) is 33.3 Å². The maximum atomic E-state index is 13.5. The fourth-order valence-electron chi connectivity index (χ4n) is 5.80. The van der Waals surface area contributed by atoms with Gasteiger partial charge in [0.25, 0.3) is 0 Å². The largest absolute Gasteiger partial charge is 0.467 e. The molecule has 0 aromatic carbocycles. The van der Waals surface area contributed by atoms with E-state index in [1.807, 2.05) is 39.5 Å². The maximum Gasteiger partial charge on any atom is 0.408 e. The van der Waals surface area contributed by atoms with Crippen LogP contribution in [0.15, 0.2) is 0 Å². The van der Waals surface area contributed by atoms with Crippen molar-refractivity contribution in [2.24, 2.45) is 0 Å². The van der Waals surface area contributed by atoms with Crippen molar-refractivity contribution in [3.63, 3.8) is 0 Å². The zero-order valence-corrected chi connectivity index (χ0v) is 33.9. The van der Waals surface area contributed by atoms with Crippen LogP contribution in [0.25, 0.3) is 0 Å². The lowest BCUT2D eigenvalue weighted by Gasteiger charge is -2.34. The molecule has 12 heteroatoms. The molecule has 50 heavy (non-hydrogen) atoms. The van der Waals surface area contributed by atoms with Gasteiger partial charge < -0.3 is 34.5 Å². The highest BCUT2D eigenvalue weighted by Gasteiger charge is 2.43. The monoisotopic (exact) mass is 729 g/mol. The van der Waals surface area contributed by atoms with Crippen LogP contribution in [0.2, 0.25) is 0 Å². The van der Waals surface area contributed by atoms with E-state index >= 15 is 0 Å². The first-order chi connectivity index (χ1) is 23.4. The fraction of sp³-hybridized carbons (Fsp3) is 0.895. The molecule has 0 unspecified atom stereocenters. The standard InChI is InChI=1S/C38H71N3O8S/c1-11-12-13-14-15-16-17-18-19-20-21-22-23-24-32(42)41-29(25-48-38(41,8)9)27-50-28-31(40-35(45)49-37(5,6)7)33(43)39-30(34(44)46-10)26-47-36(2,3)4/h29-31H,11-28H2,1-10H3,(H,39,43)(H,40,45)/t29-,30+,31+/m1/s1. The van der Waals surface area contributed by atoms with Crippen LogP contribution in [0, 0.1) is 0 Å². The fourth-order valence-corrected chi connectivity index (χ4v) is 6.92. The molecule has 292 valence electrons. The van der Waals surface area contributed by atoms with Gasteiger partial charge in [0.05, 0.1) is 32.0 Å². The predicted molar refractivity (Wildman–Crippen MR) is 201 cm³/mol. The van der Waals surface area contributed by atoms with Gasteiger partial charge in [0.2, 0.25) is 11.8 Å². The van der Waals surface area contributed by atoms with E-state index in [-0.39, 0.29) is 24.3 Å². The SMILES string of the molecule is CCCCCCCCCCCCCCCC(=O)N1[C@@H](CSC[C@H](NC(=O)OC(C)(C)C)C(=O)N[C@@H](COC(C)(C)C)C(=O)OC)COC1(C)C. The summed E-state index contributed by atoms with van der Waals surface area (Å²) >= 11 is 1.42. The van der Waals surface area contributed by atoms with Gasteiger partial charge in [0.1, 0.15) is 17.4 Å². The first-order valence-electron chi connectivity index (χ1n) is 19.0. The summed E-state index contributed by atoms with van der Waals surface area (Å²) < 4.78 is 22.1. The van der Waals surface area contributed by atoms with E-state index in [2.05, 4.69) is 17.6 Å². The number of ether oxygens (including phenoxy) is 4. The second-order valence-corrected chi connectivity index (χ2v) is 17.0. The van der Waals surface area contributed by atoms with Crippen molar-refractivity contribution in [1.29, 1.82) is 0 Å². The minimum Gasteiger partial charge on any atom is -0.467 e. The average Bonchev–Trinajstić information content (AvgIpc) is 3.32. The molecule has 1 heterocycles. The lowest BCUT2D eigenvalue weighted by Crippen LogP contribution is -2.55. The summed E-state index contributed by atoms with van der Waals surface area (Å²) in [5.74, 6) is -0.483. The Morgan fingerprint density at radius 3 is 1.86 bits per heavy atom. The van der Waals surface area contributed by atoms with Crippen LogP contribution < -0.4 is 10.6 Å². The number of thioether (sulfide) groups is 1. The summed E-state index contributed by atoms with van der Waals surface area (Å²) in [5.41, 5.74) is -2.05. The number of nitrogens with zero attached hydrogens (tertiary/aromatic N) is 1. The molecule has 0 aliphatic carbocycles. The van der Waals surface area contributed by atoms with Gasteiger partial charge in [-0.05, 0) is 61.8 Å². The van der Waals surface area contributed by atoms with Gasteiger partial charge in [0.15, 0.2) is 6.04 Å². The molecule has 0 bridgehead atoms. The van der Waals surface area contributed by atoms with E-state index in [9.17, 15) is 19.2 Å². The molecule has 3 atom stereocenters. The molecule has 0 aromatic heterocycles. The molecule has 0 saturated carbocycles. The number of hydrogen-bond donors (Lipinski definition) is 2. The Kier molecular flexibility index (Phi) is 21.6. The average molecular weight is 730 g/mol. The Balaban J connectivity index is 2.69. The number of nitrogens with one attached hydrogen (secondary N) is 2. The molecule has 1 rings (SSSR count). The molecule has 1 aliphatic heterocycles. The normalized spacial score (nSPS) is 17.2. The van der Waals surface area contributed by atoms with Crippen LogP contribution in [0.4, 0.5) is 4.79 Å². The van der Waals surface area contributed by atoms with Crippen molar-refractivity contribution in [3.05, 3.63) is 0 Å². The Bertz CT molecular complexity index is 1010. The highest BCUT2D eigenvalue weighted by atomic mass is 32.2. The molecule has 0 radical (unpaired) electrons. The molecular formula is C38H71N3O8S. The molecule has 1 fully saturated rings. The molecular weight excluding hydrogens is 658 g/mol. The number of hydrogen-bond acceptors (Lipinski definition) is 9. The summed E-state index contributed by atoms with van der Waals surface area (Å²) in [7, 11) is 1.24. The molecule has 3 amide bonds. The van der Waals surface area contributed by atoms with E-state index in [4.69, 9.17) is 18.9 Å². The molecule has 0 aromatic rings. The van der Waals surface area contributed by atoms with E-state index in [0.29, 0.717) is 18.8 Å². The van der Waals surface area contributed by atoms with Gasteiger partial charge in [-0.3, -0.25) is 9.59 Å². The van der Waals surface area contributed by atoms with Crippen LogP contribution in [0.5, 0.6) is 0 Å². The summed E-state index contributed by atoms with van der Waals surface area (Å²) in [6.07, 6.45) is 16.0. The van der Waals surface area contributed by atoms with Crippen molar-refractivity contribution >= 4 is 35.6 Å². The topological polar surface area (TPSA) is 133 Å². The summed E-state index contributed by atoms with van der Waals surface area (Å²) in [6.45, 7) is 17.1. The van der Waals surface area contributed by atoms with Gasteiger partial charge in [-0.25, -0.2) is 9.59 Å². The Morgan fingerprint density at radius 1 is 0.820 bits per heavy atom. The molecule has 1 saturated heterocycles. The summed E-state index contributed by atoms with van der Waals surface area (Å²) in [6, 6.07) is -2.28. The van der Waals surface area contributed by atoms with Crippen LogP contribution in [-0.4, -0.2) is 95.7 Å². The molecule has 11 nitrogen and oxygen atoms in total. The van der Waals surface area contributed by atoms with Crippen molar-refractivity contribution in [2.45, 2.75) is 187 Å². The highest BCUT2D eigenvalue weighted by Crippen LogP contribution is 2.30. The highest BCUT2D eigenvalue weighted by molar-refractivity contribution is 7.99. The maximum absolute atomic E-state index is 13.5. The quantitative estimate of drug-likeness (QED) is 0.0764. The smallest absolute Gasteiger partial charge is 0.408 e. The number of esters is 1. The molecule has 2 N–H and O–H groups in total. The van der Waals surface area contributed by atoms with Crippen LogP contribution in [0.3, 0.4) is 0 Å². The van der Waals surface area contributed by atoms with Gasteiger partial charge in [-0.2, -0.15) is 11.8 Å². The number of amides is 3. The number of carbonyl (C=O) groups excluding carboxylic acids is 4. The third-order valence-corrected chi connectivity index (χ3v) is 9.61. The Morgan fingerprint density at radius 2 is 1.36 bits per heavy atom. The second kappa shape index (κ2) is 23.5. The van der Waals surface area contributed by atoms with Crippen molar-refractivity contribution in [2.75, 3.05) is 31.8 Å². The lowest BCUT2D eigenvalue weighted by molar-refractivity contribution is -0.148. The van der Waals surface area contributed by atoms with Gasteiger partial charge in [0, 0.05) is 17.9 Å². The summed E-state index contributed by atoms with van der Waals surface area (Å²) in [5, 5.41) is 5.33. The number of rotatable bonds is 24. The lowest BCUT2D eigenvalue weighted by atomic mass is 10.0. The van der Waals surface area contributed by atoms with Crippen LogP contribution in [0.1, 0.15) is 152 Å². The number of alkyl carbamates (subject to hydrolysis) is 1. The third kappa shape index (κ3) is 20.1. The van der Waals surface area contributed by atoms with E-state index in [1.165, 1.54) is 83.1 Å². The van der Waals surface area contributed by atoms with Gasteiger partial charge in [-0.1, -0.05) is 84.0 Å². The van der Waals surface area contributed by atoms with Gasteiger partial charge >= 0.3 is 12.1 Å². The van der Waals surface area contributed by atoms with E-state index < -0.39 is 47.0 Å². The van der Waals surface area contributed by atoms with E-state index in [1.54, 1.807) is 20.8 Å². The molecule has 0 spiro atoms. The van der Waals surface area contributed by atoms with Gasteiger partial charge in [-0.15, -0.1) is 0 Å². The predicted octanol–water partition coefficient (Wildman–Crippen LogP) is 7.53. The first kappa shape index (κ1) is 46.0. The minimum absolute atomic E-state index is 0.0714. The number of carbonyl (C=O) groups is 4. The number of unbranched alkanes of at least 4 members (excludes halogenated alkanes) is 12. The number of methoxy groups -OCH3 is 1. The van der Waals surface area contributed by atoms with E-state index in [0.717, 1.165) is 19.3 Å². The third-order valence-electron chi connectivity index (χ3n) is 8.42. The van der Waals surface area contributed by atoms with Crippen molar-refractivity contribution in [1.82, 2.24) is 15.5 Å². The van der Waals surface area contributed by atoms with Crippen molar-refractivity contribution < 1.29 is 38.1 Å². The van der Waals surface area contributed by atoms with Crippen molar-refractivity contribution in [3.8, 4) is 0 Å². The minimum atomic E-state index is -1.07. The second-order valence-electron chi connectivity index (χ2n) is 15.9. The first-order valence-corrected chi connectivity index (χ1v) is 20.1. The molecule has 1 aliphatic rings. The Hall–Kier alpha value is -2.05. The van der Waals surface area contributed by atoms with Crippen LogP contribution >= 0.6 is 11.8 Å². The summed E-state index contributed by atoms with van der Waals surface area (Å²) in [4.78, 5) is 53.9.